The third kappa shape index (κ3) is 10.7. The molecule has 0 radical (unpaired) electrons. The molecule has 0 atom stereocenters. The second-order valence-corrected chi connectivity index (χ2v) is 46.6. The first-order valence-electron chi connectivity index (χ1n) is 48.8. The van der Waals surface area contributed by atoms with Crippen molar-refractivity contribution >= 4 is 292 Å². The van der Waals surface area contributed by atoms with E-state index in [2.05, 4.69) is 445 Å². The van der Waals surface area contributed by atoms with Crippen LogP contribution in [-0.2, 0) is 16.2 Å². The molecule has 6 aromatic heterocycles. The molecule has 0 bridgehead atoms. The van der Waals surface area contributed by atoms with Crippen molar-refractivity contribution in [3.8, 4) is 55.9 Å². The molecule has 0 fully saturated rings. The Kier molecular flexibility index (Phi) is 15.8. The minimum atomic E-state index is -0.445. The lowest BCUT2D eigenvalue weighted by Crippen LogP contribution is -2.61. The Morgan fingerprint density at radius 1 is 0.209 bits per heavy atom. The van der Waals surface area contributed by atoms with Crippen molar-refractivity contribution < 1.29 is 0 Å². The second kappa shape index (κ2) is 27.8. The molecule has 9 heteroatoms. The fraction of sp³-hybridized carbons (Fsp3) is 0.0923. The molecule has 23 aromatic carbocycles. The van der Waals surface area contributed by atoms with Crippen molar-refractivity contribution in [2.45, 2.75) is 78.6 Å². The summed E-state index contributed by atoms with van der Waals surface area (Å²) < 4.78 is 15.5. The largest absolute Gasteiger partial charge is 0.310 e. The molecule has 2 aliphatic rings. The fourth-order valence-electron chi connectivity index (χ4n) is 25.4. The molecule has 0 spiro atoms. The first kappa shape index (κ1) is 78.9. The van der Waals surface area contributed by atoms with Crippen LogP contribution < -0.4 is 26.2 Å². The van der Waals surface area contributed by atoms with Crippen molar-refractivity contribution in [2.75, 3.05) is 9.80 Å². The van der Waals surface area contributed by atoms with Gasteiger partial charge in [0.15, 0.2) is 0 Å². The zero-order chi connectivity index (χ0) is 92.1. The van der Waals surface area contributed by atoms with Crippen LogP contribution in [-0.4, -0.2) is 15.8 Å². The van der Waals surface area contributed by atoms with Gasteiger partial charge in [-0.25, -0.2) is 0 Å². The second-order valence-electron chi connectivity index (χ2n) is 42.4. The van der Waals surface area contributed by atoms with Gasteiger partial charge >= 0.3 is 0 Å². The van der Waals surface area contributed by atoms with E-state index in [0.717, 1.165) is 45.5 Å². The van der Waals surface area contributed by atoms with Crippen molar-refractivity contribution in [3.05, 3.63) is 381 Å². The average Bonchev–Trinajstić information content (AvgIpc) is 1.68. The Balaban J connectivity index is 0.792. The van der Waals surface area contributed by atoms with E-state index in [-0.39, 0.29) is 17.5 Å². The summed E-state index contributed by atoms with van der Waals surface area (Å²) in [6.45, 7) is 21.6. The van der Waals surface area contributed by atoms with Gasteiger partial charge in [0.1, 0.15) is 0 Å². The summed E-state index contributed by atoms with van der Waals surface area (Å²) in [7, 11) is 0. The van der Waals surface area contributed by atoms with Gasteiger partial charge in [0.05, 0.1) is 33.4 Å². The predicted octanol–water partition coefficient (Wildman–Crippen LogP) is 36.7. The normalized spacial score (nSPS) is 13.5. The smallest absolute Gasteiger partial charge is 0.252 e. The van der Waals surface area contributed by atoms with Crippen LogP contribution in [0, 0.1) is 0 Å². The van der Waals surface area contributed by atoms with Crippen molar-refractivity contribution in [3.63, 3.8) is 0 Å². The number of fused-ring (bicyclic) bond motifs is 18. The zero-order valence-corrected chi connectivity index (χ0v) is 81.4. The first-order chi connectivity index (χ1) is 67.9. The van der Waals surface area contributed by atoms with E-state index in [4.69, 9.17) is 0 Å². The maximum absolute atomic E-state index is 2.88. The van der Waals surface area contributed by atoms with Crippen molar-refractivity contribution in [1.82, 2.24) is 9.13 Å². The monoisotopic (exact) mass is 1840 g/mol. The number of benzene rings is 23. The Bertz CT molecular complexity index is 9420. The van der Waals surface area contributed by atoms with Gasteiger partial charge in [0, 0.05) is 181 Å². The van der Waals surface area contributed by atoms with Crippen LogP contribution in [0.2, 0.25) is 0 Å². The Morgan fingerprint density at radius 2 is 0.468 bits per heavy atom. The molecule has 139 heavy (non-hydrogen) atoms. The lowest BCUT2D eigenvalue weighted by Gasteiger charge is -2.47. The van der Waals surface area contributed by atoms with Crippen molar-refractivity contribution in [2.24, 2.45) is 0 Å². The Morgan fingerprint density at radius 3 is 0.755 bits per heavy atom. The summed E-state index contributed by atoms with van der Waals surface area (Å²) >= 11 is 7.72. The molecule has 0 amide bonds. The third-order valence-electron chi connectivity index (χ3n) is 31.7. The van der Waals surface area contributed by atoms with Crippen LogP contribution in [0.3, 0.4) is 0 Å². The highest BCUT2D eigenvalue weighted by Gasteiger charge is 2.48. The third-order valence-corrected chi connectivity index (χ3v) is 36.6. The SMILES string of the molecule is CC(C)(C)c1cc(-c2cccc3c2sc2ccccc23)c(N2c3cc(-n4c5ccc6cccc7c8cccc9ccc4c(c98)c5c67)ccc3B3c4ccc(-n5c6ccc7cccc8c9cccc%10ccc5c(c%109)c6c78)cc4N(c4c(-c5cccc6c5sc5ccccc56)cc(C(C)(C)C)cc4-c4cccc5c4sc4ccccc45)c4cc(C(C)(C)C)cc2c43)c(-c2cccc3c2sc2ccccc23)c1. The van der Waals surface area contributed by atoms with Crippen LogP contribution in [0.4, 0.5) is 34.1 Å². The van der Waals surface area contributed by atoms with Gasteiger partial charge in [-0.1, -0.05) is 317 Å². The van der Waals surface area contributed by atoms with Crippen LogP contribution >= 0.6 is 45.3 Å². The molecule has 0 saturated carbocycles. The molecule has 29 aromatic rings. The summed E-state index contributed by atoms with van der Waals surface area (Å²) in [5.74, 6) is 0. The lowest BCUT2D eigenvalue weighted by molar-refractivity contribution is 0.590. The number of nitrogens with zero attached hydrogens (tertiary/aromatic N) is 4. The number of aromatic nitrogens is 2. The lowest BCUT2D eigenvalue weighted by atomic mass is 9.33. The predicted molar refractivity (Wildman–Crippen MR) is 608 cm³/mol. The Hall–Kier alpha value is -15.2. The van der Waals surface area contributed by atoms with E-state index in [9.17, 15) is 0 Å². The van der Waals surface area contributed by atoms with Gasteiger partial charge in [-0.15, -0.1) is 45.3 Å². The maximum atomic E-state index is 2.88. The number of rotatable bonds is 8. The van der Waals surface area contributed by atoms with Gasteiger partial charge < -0.3 is 18.9 Å². The summed E-state index contributed by atoms with van der Waals surface area (Å²) in [4.78, 5) is 5.75. The quantitative estimate of drug-likeness (QED) is 0.0856. The maximum Gasteiger partial charge on any atom is 0.252 e. The summed E-state index contributed by atoms with van der Waals surface area (Å²) in [6, 6.07) is 144. The highest BCUT2D eigenvalue weighted by molar-refractivity contribution is 7.27. The van der Waals surface area contributed by atoms with Gasteiger partial charge in [-0.05, 0) is 223 Å². The van der Waals surface area contributed by atoms with Crippen LogP contribution in [0.15, 0.2) is 364 Å². The van der Waals surface area contributed by atoms with E-state index in [1.165, 1.54) is 267 Å². The summed E-state index contributed by atoms with van der Waals surface area (Å²) in [5.41, 5.74) is 29.9. The minimum absolute atomic E-state index is 0.313. The average molecular weight is 1840 g/mol. The number of anilines is 6. The molecule has 4 nitrogen and oxygen atoms in total. The standard InChI is InChI=1S/C130H87BN4S4/c1-128(2,3)74-62-95(91-42-22-38-87-79-30-10-14-46-109(79)136-124(87)91)122(96(63-74)92-43-23-39-88-80-31-11-15-47-110(80)137-125(88)92)134-105-68-77(132-101-58-50-70-26-18-34-83-84-35-19-27-71-51-59-102(132)118(114(71)84)117(101)113(70)83)54-56-99(105)131-100-57-55-78(133-103-60-52-72-28-20-36-85-86-37-21-29-73-53-61-104(133)120(116(73)86)119(103)115(72)85)69-106(100)135(108-67-76(130(7,8)9)66-107(134)121(108)131)123-97(93-44-24-40-89-81-32-12-16-48-111(81)138-126(89)93)64-75(129(4,5)6)65-98(123)94-45-25-41-90-82-33-13-17-49-112(82)139-127(90)94/h10-69H,1-9H3. The van der Waals surface area contributed by atoms with Gasteiger partial charge in [0.2, 0.25) is 0 Å². The molecule has 0 unspecified atom stereocenters. The van der Waals surface area contributed by atoms with E-state index in [1.54, 1.807) is 0 Å². The highest BCUT2D eigenvalue weighted by Crippen LogP contribution is 2.61. The fourth-order valence-corrected chi connectivity index (χ4v) is 30.3. The summed E-state index contributed by atoms with van der Waals surface area (Å²) in [6.07, 6.45) is 0. The number of hydrogen-bond acceptors (Lipinski definition) is 6. The van der Waals surface area contributed by atoms with Crippen LogP contribution in [0.1, 0.15) is 79.0 Å². The molecule has 0 aliphatic carbocycles. The van der Waals surface area contributed by atoms with E-state index in [1.807, 2.05) is 45.3 Å². The van der Waals surface area contributed by atoms with E-state index >= 15 is 0 Å². The van der Waals surface area contributed by atoms with Crippen molar-refractivity contribution in [1.29, 1.82) is 0 Å². The number of thiophene rings is 4. The van der Waals surface area contributed by atoms with Crippen LogP contribution in [0.5, 0.6) is 0 Å². The minimum Gasteiger partial charge on any atom is -0.310 e. The zero-order valence-electron chi connectivity index (χ0n) is 78.1. The first-order valence-corrected chi connectivity index (χ1v) is 52.0. The molecule has 0 saturated heterocycles. The topological polar surface area (TPSA) is 16.3 Å². The van der Waals surface area contributed by atoms with E-state index in [0.29, 0.717) is 0 Å². The molecule has 31 rings (SSSR count). The summed E-state index contributed by atoms with van der Waals surface area (Å²) in [5, 5.41) is 30.9. The molecular weight excluding hydrogens is 1760 g/mol. The Labute approximate surface area is 818 Å². The van der Waals surface area contributed by atoms with Gasteiger partial charge in [-0.3, -0.25) is 0 Å². The van der Waals surface area contributed by atoms with E-state index < -0.39 is 5.41 Å². The molecule has 0 N–H and O–H groups in total. The molecule has 654 valence electrons. The highest BCUT2D eigenvalue weighted by atomic mass is 32.1. The van der Waals surface area contributed by atoms with Gasteiger partial charge in [-0.2, -0.15) is 0 Å². The molecular formula is C130H87BN4S4. The molecule has 8 heterocycles. The van der Waals surface area contributed by atoms with Gasteiger partial charge in [0.25, 0.3) is 6.71 Å². The van der Waals surface area contributed by atoms with Crippen LogP contribution in [0.25, 0.3) is 245 Å². The molecule has 2 aliphatic heterocycles. The number of hydrogen-bond donors (Lipinski definition) is 0.